The summed E-state index contributed by atoms with van der Waals surface area (Å²) in [6.45, 7) is 3.41. The number of methoxy groups -OCH3 is 1. The summed E-state index contributed by atoms with van der Waals surface area (Å²) < 4.78 is 38.3. The molecule has 6 nitrogen and oxygen atoms in total. The van der Waals surface area contributed by atoms with Crippen LogP contribution in [0.15, 0.2) is 71.6 Å². The van der Waals surface area contributed by atoms with E-state index in [1.807, 2.05) is 26.0 Å². The number of carbonyl (C=O) groups excluding carboxylic acids is 1. The van der Waals surface area contributed by atoms with Gasteiger partial charge in [-0.15, -0.1) is 0 Å². The smallest absolute Gasteiger partial charge is 0.278 e. The molecule has 168 valence electrons. The van der Waals surface area contributed by atoms with Crippen LogP contribution in [0.2, 0.25) is 5.02 Å². The predicted molar refractivity (Wildman–Crippen MR) is 125 cm³/mol. The van der Waals surface area contributed by atoms with Crippen LogP contribution in [0.5, 0.6) is 11.5 Å². The highest BCUT2D eigenvalue weighted by atomic mass is 35.5. The number of hydrogen-bond donors (Lipinski definition) is 0. The van der Waals surface area contributed by atoms with Gasteiger partial charge in [0.25, 0.3) is 15.9 Å². The van der Waals surface area contributed by atoms with Gasteiger partial charge in [0.15, 0.2) is 6.61 Å². The highest BCUT2D eigenvalue weighted by Crippen LogP contribution is 2.32. The van der Waals surface area contributed by atoms with Gasteiger partial charge in [-0.05, 0) is 61.4 Å². The maximum Gasteiger partial charge on any atom is 0.278 e. The molecule has 0 heterocycles. The Morgan fingerprint density at radius 3 is 2.22 bits per heavy atom. The van der Waals surface area contributed by atoms with Gasteiger partial charge in [0.05, 0.1) is 22.7 Å². The van der Waals surface area contributed by atoms with Crippen LogP contribution in [0.1, 0.15) is 18.1 Å². The van der Waals surface area contributed by atoms with Crippen molar-refractivity contribution in [1.29, 1.82) is 0 Å². The standard InChI is InChI=1S/C24H24ClNO5S/c1-4-18-7-10-20(11-8-18)31-16-24(27)26(19-9-14-23(30-3)22(25)15-19)32(28,29)21-12-5-17(2)6-13-21/h5-15H,4,16H2,1-3H3. The van der Waals surface area contributed by atoms with E-state index in [2.05, 4.69) is 0 Å². The van der Waals surface area contributed by atoms with Crippen LogP contribution < -0.4 is 13.8 Å². The Labute approximate surface area is 193 Å². The molecule has 0 aromatic heterocycles. The quantitative estimate of drug-likeness (QED) is 0.459. The van der Waals surface area contributed by atoms with Crippen molar-refractivity contribution in [1.82, 2.24) is 0 Å². The number of halogens is 1. The summed E-state index contributed by atoms with van der Waals surface area (Å²) in [5, 5.41) is 0.179. The highest BCUT2D eigenvalue weighted by Gasteiger charge is 2.32. The first-order valence-electron chi connectivity index (χ1n) is 9.96. The molecule has 0 N–H and O–H groups in total. The Kier molecular flexibility index (Phi) is 7.43. The molecule has 0 radical (unpaired) electrons. The minimum absolute atomic E-state index is 0.0179. The summed E-state index contributed by atoms with van der Waals surface area (Å²) in [4.78, 5) is 13.1. The number of carbonyl (C=O) groups is 1. The van der Waals surface area contributed by atoms with E-state index in [1.165, 1.54) is 37.4 Å². The summed E-state index contributed by atoms with van der Waals surface area (Å²) in [6, 6.07) is 17.9. The zero-order chi connectivity index (χ0) is 23.3. The third-order valence-corrected chi connectivity index (χ3v) is 6.91. The molecule has 0 atom stereocenters. The van der Waals surface area contributed by atoms with Gasteiger partial charge < -0.3 is 9.47 Å². The second kappa shape index (κ2) is 10.1. The zero-order valence-electron chi connectivity index (χ0n) is 18.0. The molecule has 0 saturated heterocycles. The molecule has 0 unspecified atom stereocenters. The van der Waals surface area contributed by atoms with Crippen molar-refractivity contribution in [2.45, 2.75) is 25.2 Å². The largest absolute Gasteiger partial charge is 0.495 e. The predicted octanol–water partition coefficient (Wildman–Crippen LogP) is 5.02. The van der Waals surface area contributed by atoms with E-state index in [4.69, 9.17) is 21.1 Å². The van der Waals surface area contributed by atoms with Gasteiger partial charge in [-0.3, -0.25) is 4.79 Å². The zero-order valence-corrected chi connectivity index (χ0v) is 19.6. The van der Waals surface area contributed by atoms with Gasteiger partial charge >= 0.3 is 0 Å². The number of ether oxygens (including phenoxy) is 2. The lowest BCUT2D eigenvalue weighted by atomic mass is 10.2. The van der Waals surface area contributed by atoms with Crippen LogP contribution in [-0.4, -0.2) is 28.0 Å². The van der Waals surface area contributed by atoms with Crippen LogP contribution in [0.3, 0.4) is 0 Å². The lowest BCUT2D eigenvalue weighted by Gasteiger charge is -2.23. The molecule has 0 bridgehead atoms. The number of sulfonamides is 1. The Hall–Kier alpha value is -3.03. The lowest BCUT2D eigenvalue weighted by Crippen LogP contribution is -2.40. The van der Waals surface area contributed by atoms with Crippen LogP contribution in [0, 0.1) is 6.92 Å². The number of anilines is 1. The fourth-order valence-corrected chi connectivity index (χ4v) is 4.69. The molecular weight excluding hydrogens is 450 g/mol. The fourth-order valence-electron chi connectivity index (χ4n) is 3.04. The van der Waals surface area contributed by atoms with Gasteiger partial charge in [0, 0.05) is 0 Å². The molecule has 0 fully saturated rings. The van der Waals surface area contributed by atoms with Gasteiger partial charge in [0.2, 0.25) is 0 Å². The van der Waals surface area contributed by atoms with Crippen molar-refractivity contribution >= 4 is 33.2 Å². The van der Waals surface area contributed by atoms with E-state index < -0.39 is 22.5 Å². The molecule has 32 heavy (non-hydrogen) atoms. The topological polar surface area (TPSA) is 72.9 Å². The summed E-state index contributed by atoms with van der Waals surface area (Å²) in [5.41, 5.74) is 2.11. The third-order valence-electron chi connectivity index (χ3n) is 4.85. The Balaban J connectivity index is 1.96. The second-order valence-electron chi connectivity index (χ2n) is 7.08. The Bertz CT molecular complexity index is 1190. The molecule has 3 aromatic carbocycles. The van der Waals surface area contributed by atoms with E-state index in [1.54, 1.807) is 24.3 Å². The van der Waals surface area contributed by atoms with Crippen LogP contribution in [0.4, 0.5) is 5.69 Å². The molecule has 0 aliphatic rings. The minimum atomic E-state index is -4.22. The van der Waals surface area contributed by atoms with E-state index in [0.717, 1.165) is 17.5 Å². The number of hydrogen-bond acceptors (Lipinski definition) is 5. The van der Waals surface area contributed by atoms with Crippen molar-refractivity contribution < 1.29 is 22.7 Å². The van der Waals surface area contributed by atoms with Crippen LogP contribution >= 0.6 is 11.6 Å². The van der Waals surface area contributed by atoms with Gasteiger partial charge in [-0.25, -0.2) is 8.42 Å². The first kappa shape index (κ1) is 23.6. The second-order valence-corrected chi connectivity index (χ2v) is 9.28. The van der Waals surface area contributed by atoms with Crippen LogP contribution in [-0.2, 0) is 21.2 Å². The number of aryl methyl sites for hydroxylation is 2. The first-order chi connectivity index (χ1) is 15.3. The molecule has 0 aliphatic heterocycles. The van der Waals surface area contributed by atoms with E-state index in [-0.39, 0.29) is 15.6 Å². The molecule has 0 spiro atoms. The number of rotatable bonds is 8. The van der Waals surface area contributed by atoms with Gasteiger partial charge in [-0.1, -0.05) is 48.4 Å². The van der Waals surface area contributed by atoms with Gasteiger partial charge in [-0.2, -0.15) is 4.31 Å². The van der Waals surface area contributed by atoms with E-state index in [0.29, 0.717) is 15.8 Å². The SMILES string of the molecule is CCc1ccc(OCC(=O)N(c2ccc(OC)c(Cl)c2)S(=O)(=O)c2ccc(C)cc2)cc1. The van der Waals surface area contributed by atoms with Crippen molar-refractivity contribution in [2.24, 2.45) is 0 Å². The van der Waals surface area contributed by atoms with Gasteiger partial charge in [0.1, 0.15) is 11.5 Å². The third kappa shape index (κ3) is 5.23. The maximum absolute atomic E-state index is 13.4. The monoisotopic (exact) mass is 473 g/mol. The summed E-state index contributed by atoms with van der Waals surface area (Å²) in [6.07, 6.45) is 0.875. The Morgan fingerprint density at radius 1 is 1.00 bits per heavy atom. The molecule has 3 aromatic rings. The molecule has 0 aliphatic carbocycles. The highest BCUT2D eigenvalue weighted by molar-refractivity contribution is 7.93. The number of benzene rings is 3. The Morgan fingerprint density at radius 2 is 1.66 bits per heavy atom. The summed E-state index contributed by atoms with van der Waals surface area (Å²) >= 11 is 6.21. The summed E-state index contributed by atoms with van der Waals surface area (Å²) in [7, 11) is -2.77. The van der Waals surface area contributed by atoms with Crippen molar-refractivity contribution in [3.8, 4) is 11.5 Å². The summed E-state index contributed by atoms with van der Waals surface area (Å²) in [5.74, 6) is 0.0742. The van der Waals surface area contributed by atoms with Crippen LogP contribution in [0.25, 0.3) is 0 Å². The van der Waals surface area contributed by atoms with Crippen molar-refractivity contribution in [3.63, 3.8) is 0 Å². The first-order valence-corrected chi connectivity index (χ1v) is 11.8. The van der Waals surface area contributed by atoms with E-state index in [9.17, 15) is 13.2 Å². The molecule has 3 rings (SSSR count). The average Bonchev–Trinajstić information content (AvgIpc) is 2.78. The normalized spacial score (nSPS) is 11.1. The molecule has 1 amide bonds. The van der Waals surface area contributed by atoms with Crippen molar-refractivity contribution in [2.75, 3.05) is 18.0 Å². The number of amides is 1. The molecule has 8 heteroatoms. The molecular formula is C24H24ClNO5S. The minimum Gasteiger partial charge on any atom is -0.495 e. The lowest BCUT2D eigenvalue weighted by molar-refractivity contribution is -0.119. The fraction of sp³-hybridized carbons (Fsp3) is 0.208. The maximum atomic E-state index is 13.4. The molecule has 0 saturated carbocycles. The average molecular weight is 474 g/mol. The van der Waals surface area contributed by atoms with Crippen molar-refractivity contribution in [3.05, 3.63) is 82.9 Å². The van der Waals surface area contributed by atoms with E-state index >= 15 is 0 Å². The number of nitrogens with zero attached hydrogens (tertiary/aromatic N) is 1.